The van der Waals surface area contributed by atoms with E-state index in [4.69, 9.17) is 10.5 Å². The van der Waals surface area contributed by atoms with E-state index in [9.17, 15) is 0 Å². The zero-order chi connectivity index (χ0) is 14.7. The summed E-state index contributed by atoms with van der Waals surface area (Å²) in [6.45, 7) is 2.10. The normalized spacial score (nSPS) is 16.1. The Hall–Kier alpha value is -1.75. The molecule has 1 aliphatic heterocycles. The first-order chi connectivity index (χ1) is 10.3. The van der Waals surface area contributed by atoms with Crippen molar-refractivity contribution < 1.29 is 4.74 Å². The fourth-order valence-corrected chi connectivity index (χ4v) is 3.80. The SMILES string of the molecule is COc1c(N)nsc1N1CCC(Cc2ccccc2)CC1. The smallest absolute Gasteiger partial charge is 0.197 e. The van der Waals surface area contributed by atoms with Crippen LogP contribution >= 0.6 is 11.5 Å². The number of methoxy groups -OCH3 is 1. The number of hydrogen-bond donors (Lipinski definition) is 1. The van der Waals surface area contributed by atoms with Crippen LogP contribution in [0.3, 0.4) is 0 Å². The standard InChI is InChI=1S/C16H21N3OS/c1-20-14-15(17)18-21-16(14)19-9-7-13(8-10-19)11-12-5-3-2-4-6-12/h2-6,13H,7-11H2,1H3,(H2,17,18). The average molecular weight is 303 g/mol. The molecule has 1 saturated heterocycles. The zero-order valence-electron chi connectivity index (χ0n) is 12.3. The third-order valence-electron chi connectivity index (χ3n) is 4.13. The monoisotopic (exact) mass is 303 g/mol. The van der Waals surface area contributed by atoms with E-state index in [2.05, 4.69) is 39.6 Å². The van der Waals surface area contributed by atoms with E-state index in [1.165, 1.54) is 36.4 Å². The van der Waals surface area contributed by atoms with E-state index in [1.807, 2.05) is 0 Å². The molecule has 21 heavy (non-hydrogen) atoms. The molecule has 1 aromatic heterocycles. The second-order valence-electron chi connectivity index (χ2n) is 5.53. The summed E-state index contributed by atoms with van der Waals surface area (Å²) in [7, 11) is 1.66. The Labute approximate surface area is 129 Å². The molecule has 0 spiro atoms. The molecule has 2 heterocycles. The van der Waals surface area contributed by atoms with Crippen LogP contribution in [-0.2, 0) is 6.42 Å². The molecule has 112 valence electrons. The van der Waals surface area contributed by atoms with Gasteiger partial charge in [0.25, 0.3) is 0 Å². The summed E-state index contributed by atoms with van der Waals surface area (Å²) in [4.78, 5) is 2.36. The lowest BCUT2D eigenvalue weighted by Gasteiger charge is -2.32. The second kappa shape index (κ2) is 6.35. The summed E-state index contributed by atoms with van der Waals surface area (Å²) >= 11 is 1.44. The molecule has 0 bridgehead atoms. The molecule has 1 aromatic carbocycles. The van der Waals surface area contributed by atoms with Crippen molar-refractivity contribution in [3.8, 4) is 5.75 Å². The average Bonchev–Trinajstić information content (AvgIpc) is 2.90. The van der Waals surface area contributed by atoms with Gasteiger partial charge in [-0.05, 0) is 42.3 Å². The predicted molar refractivity (Wildman–Crippen MR) is 88.2 cm³/mol. The Balaban J connectivity index is 1.60. The molecule has 0 atom stereocenters. The van der Waals surface area contributed by atoms with Gasteiger partial charge in [-0.15, -0.1) is 0 Å². The quantitative estimate of drug-likeness (QED) is 0.942. The lowest BCUT2D eigenvalue weighted by molar-refractivity contribution is 0.393. The number of piperidine rings is 1. The molecular formula is C16H21N3OS. The Morgan fingerprint density at radius 1 is 1.29 bits per heavy atom. The Morgan fingerprint density at radius 2 is 2.00 bits per heavy atom. The Kier molecular flexibility index (Phi) is 4.29. The number of nitrogens with zero attached hydrogens (tertiary/aromatic N) is 2. The van der Waals surface area contributed by atoms with Gasteiger partial charge >= 0.3 is 0 Å². The van der Waals surface area contributed by atoms with Gasteiger partial charge in [-0.1, -0.05) is 30.3 Å². The first kappa shape index (κ1) is 14.2. The van der Waals surface area contributed by atoms with Gasteiger partial charge < -0.3 is 15.4 Å². The maximum Gasteiger partial charge on any atom is 0.197 e. The van der Waals surface area contributed by atoms with Crippen LogP contribution in [0.1, 0.15) is 18.4 Å². The third-order valence-corrected chi connectivity index (χ3v) is 5.03. The van der Waals surface area contributed by atoms with Crippen molar-refractivity contribution in [3.63, 3.8) is 0 Å². The van der Waals surface area contributed by atoms with Crippen molar-refractivity contribution in [1.82, 2.24) is 4.37 Å². The van der Waals surface area contributed by atoms with Gasteiger partial charge in [0.1, 0.15) is 0 Å². The number of rotatable bonds is 4. The van der Waals surface area contributed by atoms with Gasteiger partial charge in [0, 0.05) is 13.1 Å². The van der Waals surface area contributed by atoms with E-state index in [0.29, 0.717) is 5.82 Å². The summed E-state index contributed by atoms with van der Waals surface area (Å²) in [6.07, 6.45) is 3.59. The maximum atomic E-state index is 5.84. The maximum absolute atomic E-state index is 5.84. The van der Waals surface area contributed by atoms with Crippen molar-refractivity contribution in [2.75, 3.05) is 30.8 Å². The van der Waals surface area contributed by atoms with E-state index in [1.54, 1.807) is 7.11 Å². The van der Waals surface area contributed by atoms with E-state index in [0.717, 1.165) is 29.8 Å². The van der Waals surface area contributed by atoms with Gasteiger partial charge in [0.2, 0.25) is 0 Å². The molecule has 0 radical (unpaired) electrons. The van der Waals surface area contributed by atoms with Crippen LogP contribution in [0.2, 0.25) is 0 Å². The zero-order valence-corrected chi connectivity index (χ0v) is 13.1. The first-order valence-electron chi connectivity index (χ1n) is 7.36. The molecule has 2 aromatic rings. The Bertz CT molecular complexity index is 576. The van der Waals surface area contributed by atoms with Crippen LogP contribution in [0.5, 0.6) is 5.75 Å². The summed E-state index contributed by atoms with van der Waals surface area (Å²) in [5.41, 5.74) is 7.28. The van der Waals surface area contributed by atoms with E-state index >= 15 is 0 Å². The number of benzene rings is 1. The van der Waals surface area contributed by atoms with Crippen LogP contribution in [0.4, 0.5) is 10.8 Å². The number of nitrogen functional groups attached to an aromatic ring is 1. The van der Waals surface area contributed by atoms with Crippen LogP contribution in [0.25, 0.3) is 0 Å². The number of aromatic nitrogens is 1. The van der Waals surface area contributed by atoms with Gasteiger partial charge in [0.15, 0.2) is 16.6 Å². The molecule has 0 saturated carbocycles. The largest absolute Gasteiger partial charge is 0.490 e. The number of anilines is 2. The van der Waals surface area contributed by atoms with Crippen molar-refractivity contribution in [2.45, 2.75) is 19.3 Å². The van der Waals surface area contributed by atoms with Crippen LogP contribution in [0, 0.1) is 5.92 Å². The molecule has 5 heteroatoms. The van der Waals surface area contributed by atoms with Crippen LogP contribution < -0.4 is 15.4 Å². The van der Waals surface area contributed by atoms with Gasteiger partial charge in [-0.2, -0.15) is 4.37 Å². The third kappa shape index (κ3) is 3.13. The van der Waals surface area contributed by atoms with Crippen molar-refractivity contribution in [1.29, 1.82) is 0 Å². The number of nitrogens with two attached hydrogens (primary N) is 1. The van der Waals surface area contributed by atoms with Crippen molar-refractivity contribution >= 4 is 22.4 Å². The summed E-state index contributed by atoms with van der Waals surface area (Å²) < 4.78 is 9.58. The number of hydrogen-bond acceptors (Lipinski definition) is 5. The van der Waals surface area contributed by atoms with Crippen molar-refractivity contribution in [2.24, 2.45) is 5.92 Å². The fourth-order valence-electron chi connectivity index (χ4n) is 2.97. The predicted octanol–water partition coefficient (Wildman–Crippen LogP) is 3.19. The van der Waals surface area contributed by atoms with Crippen LogP contribution in [0.15, 0.2) is 30.3 Å². The minimum atomic E-state index is 0.504. The Morgan fingerprint density at radius 3 is 2.67 bits per heavy atom. The second-order valence-corrected chi connectivity index (χ2v) is 6.28. The molecule has 0 unspecified atom stereocenters. The topological polar surface area (TPSA) is 51.4 Å². The molecule has 2 N–H and O–H groups in total. The highest BCUT2D eigenvalue weighted by atomic mass is 32.1. The van der Waals surface area contributed by atoms with E-state index in [-0.39, 0.29) is 0 Å². The van der Waals surface area contributed by atoms with Gasteiger partial charge in [0.05, 0.1) is 7.11 Å². The highest BCUT2D eigenvalue weighted by Crippen LogP contribution is 2.39. The highest BCUT2D eigenvalue weighted by molar-refractivity contribution is 7.11. The summed E-state index contributed by atoms with van der Waals surface area (Å²) in [6, 6.07) is 10.8. The minimum Gasteiger partial charge on any atom is -0.490 e. The van der Waals surface area contributed by atoms with Gasteiger partial charge in [-0.25, -0.2) is 0 Å². The fraction of sp³-hybridized carbons (Fsp3) is 0.438. The van der Waals surface area contributed by atoms with Crippen LogP contribution in [-0.4, -0.2) is 24.6 Å². The lowest BCUT2D eigenvalue weighted by Crippen LogP contribution is -2.34. The first-order valence-corrected chi connectivity index (χ1v) is 8.13. The molecular weight excluding hydrogens is 282 g/mol. The molecule has 1 aliphatic rings. The molecule has 4 nitrogen and oxygen atoms in total. The number of ether oxygens (including phenoxy) is 1. The highest BCUT2D eigenvalue weighted by Gasteiger charge is 2.24. The summed E-state index contributed by atoms with van der Waals surface area (Å²) in [5.74, 6) is 2.00. The molecule has 0 amide bonds. The molecule has 0 aliphatic carbocycles. The lowest BCUT2D eigenvalue weighted by atomic mass is 9.90. The van der Waals surface area contributed by atoms with E-state index < -0.39 is 0 Å². The minimum absolute atomic E-state index is 0.504. The van der Waals surface area contributed by atoms with Gasteiger partial charge in [-0.3, -0.25) is 0 Å². The summed E-state index contributed by atoms with van der Waals surface area (Å²) in [5, 5.41) is 1.08. The molecule has 3 rings (SSSR count). The van der Waals surface area contributed by atoms with Crippen molar-refractivity contribution in [3.05, 3.63) is 35.9 Å². The molecule has 1 fully saturated rings.